The van der Waals surface area contributed by atoms with Crippen LogP contribution < -0.4 is 10.2 Å². The number of carbonyl (C=O) groups is 2. The first-order valence-corrected chi connectivity index (χ1v) is 11.1. The van der Waals surface area contributed by atoms with E-state index < -0.39 is 6.04 Å². The maximum absolute atomic E-state index is 13.5. The van der Waals surface area contributed by atoms with Gasteiger partial charge in [0.25, 0.3) is 5.91 Å². The Kier molecular flexibility index (Phi) is 6.40. The van der Waals surface area contributed by atoms with Crippen LogP contribution in [0.4, 0.5) is 5.95 Å². The van der Waals surface area contributed by atoms with Gasteiger partial charge in [0, 0.05) is 39.8 Å². The van der Waals surface area contributed by atoms with E-state index in [1.165, 1.54) is 5.56 Å². The molecule has 0 bridgehead atoms. The van der Waals surface area contributed by atoms with Crippen molar-refractivity contribution in [2.24, 2.45) is 0 Å². The number of nitrogens with one attached hydrogen (secondary N) is 1. The molecule has 1 aromatic heterocycles. The third kappa shape index (κ3) is 4.72. The van der Waals surface area contributed by atoms with Crippen molar-refractivity contribution in [2.75, 3.05) is 32.1 Å². The summed E-state index contributed by atoms with van der Waals surface area (Å²) in [5.41, 5.74) is 5.39. The lowest BCUT2D eigenvalue weighted by atomic mass is 9.93. The quantitative estimate of drug-likeness (QED) is 0.656. The Morgan fingerprint density at radius 3 is 2.67 bits per heavy atom. The molecule has 4 rings (SSSR count). The lowest BCUT2D eigenvalue weighted by molar-refractivity contribution is -0.127. The highest BCUT2D eigenvalue weighted by atomic mass is 16.2. The second kappa shape index (κ2) is 9.40. The number of rotatable bonds is 5. The third-order valence-electron chi connectivity index (χ3n) is 5.95. The average molecular weight is 444 g/mol. The van der Waals surface area contributed by atoms with Crippen LogP contribution >= 0.6 is 0 Å². The molecule has 0 saturated carbocycles. The van der Waals surface area contributed by atoms with E-state index in [9.17, 15) is 9.59 Å². The monoisotopic (exact) mass is 443 g/mol. The van der Waals surface area contributed by atoms with Crippen molar-refractivity contribution >= 4 is 17.8 Å². The van der Waals surface area contributed by atoms with Gasteiger partial charge in [0.05, 0.1) is 11.3 Å². The maximum Gasteiger partial charge on any atom is 0.258 e. The fourth-order valence-corrected chi connectivity index (χ4v) is 4.20. The SMILES string of the molecule is Cc1cccc(-c2ccccc2C[C@H]2C(=O)NCCN2C(=O)c2cnc(N(C)C)nc2C)c1. The van der Waals surface area contributed by atoms with Gasteiger partial charge >= 0.3 is 0 Å². The molecule has 7 heteroatoms. The van der Waals surface area contributed by atoms with Crippen LogP contribution in [0.1, 0.15) is 27.2 Å². The van der Waals surface area contributed by atoms with Gasteiger partial charge in [0.1, 0.15) is 6.04 Å². The number of hydrogen-bond donors (Lipinski definition) is 1. The van der Waals surface area contributed by atoms with Gasteiger partial charge in [0.15, 0.2) is 0 Å². The van der Waals surface area contributed by atoms with Gasteiger partial charge in [-0.2, -0.15) is 0 Å². The van der Waals surface area contributed by atoms with Gasteiger partial charge in [-0.25, -0.2) is 9.97 Å². The second-order valence-corrected chi connectivity index (χ2v) is 8.60. The molecule has 0 spiro atoms. The molecule has 0 radical (unpaired) electrons. The molecule has 1 aliphatic rings. The van der Waals surface area contributed by atoms with Crippen molar-refractivity contribution in [3.05, 3.63) is 77.1 Å². The molecule has 1 aliphatic heterocycles. The molecule has 33 heavy (non-hydrogen) atoms. The fourth-order valence-electron chi connectivity index (χ4n) is 4.20. The van der Waals surface area contributed by atoms with Gasteiger partial charge in [-0.3, -0.25) is 9.59 Å². The molecule has 1 N–H and O–H groups in total. The number of aromatic nitrogens is 2. The molecule has 2 heterocycles. The Morgan fingerprint density at radius 1 is 1.15 bits per heavy atom. The standard InChI is InChI=1S/C26H29N5O2/c1-17-8-7-10-19(14-17)21-11-6-5-9-20(21)15-23-24(32)27-12-13-31(23)25(33)22-16-28-26(30(3)4)29-18(22)2/h5-11,14,16,23H,12-13,15H2,1-4H3,(H,27,32)/t23-/m0/s1. The number of amides is 2. The minimum absolute atomic E-state index is 0.142. The van der Waals surface area contributed by atoms with Crippen LogP contribution in [0.25, 0.3) is 11.1 Å². The minimum Gasteiger partial charge on any atom is -0.353 e. The van der Waals surface area contributed by atoms with E-state index in [1.807, 2.05) is 38.4 Å². The molecule has 0 aliphatic carbocycles. The summed E-state index contributed by atoms with van der Waals surface area (Å²) < 4.78 is 0. The molecule has 3 aromatic rings. The summed E-state index contributed by atoms with van der Waals surface area (Å²) in [4.78, 5) is 38.6. The first-order chi connectivity index (χ1) is 15.8. The lowest BCUT2D eigenvalue weighted by Gasteiger charge is -2.35. The van der Waals surface area contributed by atoms with E-state index in [1.54, 1.807) is 22.9 Å². The molecule has 0 unspecified atom stereocenters. The van der Waals surface area contributed by atoms with Gasteiger partial charge in [-0.1, -0.05) is 54.1 Å². The van der Waals surface area contributed by atoms with Crippen LogP contribution in [-0.4, -0.2) is 59.9 Å². The minimum atomic E-state index is -0.606. The molecular formula is C26H29N5O2. The van der Waals surface area contributed by atoms with E-state index in [2.05, 4.69) is 46.5 Å². The van der Waals surface area contributed by atoms with Crippen molar-refractivity contribution in [3.8, 4) is 11.1 Å². The maximum atomic E-state index is 13.5. The Morgan fingerprint density at radius 2 is 1.94 bits per heavy atom. The second-order valence-electron chi connectivity index (χ2n) is 8.60. The highest BCUT2D eigenvalue weighted by Gasteiger charge is 2.35. The zero-order valence-corrected chi connectivity index (χ0v) is 19.5. The molecule has 170 valence electrons. The number of anilines is 1. The summed E-state index contributed by atoms with van der Waals surface area (Å²) in [6.07, 6.45) is 1.99. The predicted octanol–water partition coefficient (Wildman–Crippen LogP) is 3.01. The van der Waals surface area contributed by atoms with Crippen molar-refractivity contribution in [1.82, 2.24) is 20.2 Å². The van der Waals surface area contributed by atoms with E-state index in [0.29, 0.717) is 36.7 Å². The summed E-state index contributed by atoms with van der Waals surface area (Å²) in [7, 11) is 3.71. The van der Waals surface area contributed by atoms with Crippen LogP contribution in [-0.2, 0) is 11.2 Å². The van der Waals surface area contributed by atoms with Crippen LogP contribution in [0.15, 0.2) is 54.7 Å². The molecule has 1 atom stereocenters. The zero-order chi connectivity index (χ0) is 23.5. The average Bonchev–Trinajstić information content (AvgIpc) is 2.80. The normalized spacial score (nSPS) is 15.8. The topological polar surface area (TPSA) is 78.4 Å². The Labute approximate surface area is 194 Å². The van der Waals surface area contributed by atoms with Gasteiger partial charge in [0.2, 0.25) is 11.9 Å². The van der Waals surface area contributed by atoms with Crippen LogP contribution in [0.3, 0.4) is 0 Å². The molecule has 7 nitrogen and oxygen atoms in total. The number of piperazine rings is 1. The number of benzene rings is 2. The van der Waals surface area contributed by atoms with E-state index in [4.69, 9.17) is 0 Å². The summed E-state index contributed by atoms with van der Waals surface area (Å²) >= 11 is 0. The van der Waals surface area contributed by atoms with Crippen molar-refractivity contribution < 1.29 is 9.59 Å². The molecule has 2 aromatic carbocycles. The third-order valence-corrected chi connectivity index (χ3v) is 5.95. The van der Waals surface area contributed by atoms with Gasteiger partial charge in [-0.05, 0) is 30.5 Å². The molecule has 2 amide bonds. The molecule has 1 saturated heterocycles. The van der Waals surface area contributed by atoms with E-state index in [-0.39, 0.29) is 11.8 Å². The highest BCUT2D eigenvalue weighted by Crippen LogP contribution is 2.27. The largest absolute Gasteiger partial charge is 0.353 e. The molecular weight excluding hydrogens is 414 g/mol. The first-order valence-electron chi connectivity index (χ1n) is 11.1. The van der Waals surface area contributed by atoms with Gasteiger partial charge in [-0.15, -0.1) is 0 Å². The van der Waals surface area contributed by atoms with Gasteiger partial charge < -0.3 is 15.1 Å². The lowest BCUT2D eigenvalue weighted by Crippen LogP contribution is -2.58. The Balaban J connectivity index is 1.66. The van der Waals surface area contributed by atoms with E-state index in [0.717, 1.165) is 16.7 Å². The zero-order valence-electron chi connectivity index (χ0n) is 19.5. The summed E-state index contributed by atoms with van der Waals surface area (Å²) in [6.45, 7) is 4.73. The molecule has 1 fully saturated rings. The number of carbonyl (C=O) groups excluding carboxylic acids is 2. The fraction of sp³-hybridized carbons (Fsp3) is 0.308. The Bertz CT molecular complexity index is 1190. The van der Waals surface area contributed by atoms with Crippen molar-refractivity contribution in [1.29, 1.82) is 0 Å². The summed E-state index contributed by atoms with van der Waals surface area (Å²) in [5.74, 6) is 0.187. The van der Waals surface area contributed by atoms with Crippen LogP contribution in [0, 0.1) is 13.8 Å². The highest BCUT2D eigenvalue weighted by molar-refractivity contribution is 5.99. The van der Waals surface area contributed by atoms with Crippen molar-refractivity contribution in [3.63, 3.8) is 0 Å². The first kappa shape index (κ1) is 22.5. The smallest absolute Gasteiger partial charge is 0.258 e. The predicted molar refractivity (Wildman–Crippen MR) is 129 cm³/mol. The van der Waals surface area contributed by atoms with Crippen LogP contribution in [0.5, 0.6) is 0 Å². The number of nitrogens with zero attached hydrogens (tertiary/aromatic N) is 4. The summed E-state index contributed by atoms with van der Waals surface area (Å²) in [5, 5.41) is 2.92. The van der Waals surface area contributed by atoms with E-state index >= 15 is 0 Å². The number of hydrogen-bond acceptors (Lipinski definition) is 5. The van der Waals surface area contributed by atoms with Crippen LogP contribution in [0.2, 0.25) is 0 Å². The summed E-state index contributed by atoms with van der Waals surface area (Å²) in [6, 6.07) is 15.8. The van der Waals surface area contributed by atoms with Crippen molar-refractivity contribution in [2.45, 2.75) is 26.3 Å². The Hall–Kier alpha value is -3.74. The number of aryl methyl sites for hydroxylation is 2.